The van der Waals surface area contributed by atoms with E-state index in [9.17, 15) is 0 Å². The first-order chi connectivity index (χ1) is 10.3. The minimum atomic E-state index is 0. The molecular formula is C17H22ClN3S. The van der Waals surface area contributed by atoms with Crippen LogP contribution in [0.15, 0.2) is 35.8 Å². The predicted molar refractivity (Wildman–Crippen MR) is 93.8 cm³/mol. The summed E-state index contributed by atoms with van der Waals surface area (Å²) in [5.74, 6) is 1.20. The second-order valence-electron chi connectivity index (χ2n) is 6.31. The molecule has 0 bridgehead atoms. The minimum absolute atomic E-state index is 0. The normalized spacial score (nSPS) is 25.1. The Morgan fingerprint density at radius 1 is 1.18 bits per heavy atom. The molecule has 2 heterocycles. The lowest BCUT2D eigenvalue weighted by Gasteiger charge is -2.16. The summed E-state index contributed by atoms with van der Waals surface area (Å²) in [5, 5.41) is 0. The van der Waals surface area contributed by atoms with Gasteiger partial charge < -0.3 is 5.73 Å². The van der Waals surface area contributed by atoms with Crippen molar-refractivity contribution in [2.75, 3.05) is 13.1 Å². The van der Waals surface area contributed by atoms with Crippen LogP contribution < -0.4 is 5.73 Å². The number of halogens is 1. The Balaban J connectivity index is 0.00000144. The standard InChI is InChI=1S/C17H21N3S.ClH/c18-15-9-20(8-14(15)12-4-2-1-3-5-12)10-16-17(13-6-7-13)19-11-21-16;/h1-5,11,13-15H,6-10,18H2;1H/t14-,15+;/m0./s1. The van der Waals surface area contributed by atoms with Crippen LogP contribution in [-0.2, 0) is 6.54 Å². The van der Waals surface area contributed by atoms with Crippen LogP contribution in [0.1, 0.15) is 40.8 Å². The Morgan fingerprint density at radius 2 is 1.95 bits per heavy atom. The maximum atomic E-state index is 6.39. The second-order valence-corrected chi connectivity index (χ2v) is 7.25. The molecule has 2 N–H and O–H groups in total. The Bertz CT molecular complexity index is 611. The van der Waals surface area contributed by atoms with Gasteiger partial charge in [-0.3, -0.25) is 4.90 Å². The van der Waals surface area contributed by atoms with Gasteiger partial charge in [0.15, 0.2) is 0 Å². The monoisotopic (exact) mass is 335 g/mol. The van der Waals surface area contributed by atoms with E-state index in [0.717, 1.165) is 25.6 Å². The quantitative estimate of drug-likeness (QED) is 0.931. The first-order valence-electron chi connectivity index (χ1n) is 7.76. The summed E-state index contributed by atoms with van der Waals surface area (Å²) in [6.45, 7) is 3.07. The molecule has 1 aliphatic carbocycles. The second kappa shape index (κ2) is 6.67. The summed E-state index contributed by atoms with van der Waals surface area (Å²) in [7, 11) is 0. The zero-order valence-electron chi connectivity index (χ0n) is 12.5. The van der Waals surface area contributed by atoms with Gasteiger partial charge in [-0.25, -0.2) is 4.98 Å². The SMILES string of the molecule is Cl.N[C@@H]1CN(Cc2scnc2C2CC2)C[C@H]1c1ccccc1. The highest BCUT2D eigenvalue weighted by atomic mass is 35.5. The van der Waals surface area contributed by atoms with Crippen LogP contribution in [0.3, 0.4) is 0 Å². The zero-order chi connectivity index (χ0) is 14.2. The van der Waals surface area contributed by atoms with Gasteiger partial charge in [0.1, 0.15) is 0 Å². The molecule has 1 aromatic heterocycles. The average Bonchev–Trinajstić information content (AvgIpc) is 3.14. The number of hydrogen-bond donors (Lipinski definition) is 1. The van der Waals surface area contributed by atoms with Gasteiger partial charge in [0.2, 0.25) is 0 Å². The molecule has 1 aliphatic heterocycles. The lowest BCUT2D eigenvalue weighted by atomic mass is 9.95. The largest absolute Gasteiger partial charge is 0.326 e. The summed E-state index contributed by atoms with van der Waals surface area (Å²) >= 11 is 1.81. The van der Waals surface area contributed by atoms with E-state index < -0.39 is 0 Å². The average molecular weight is 336 g/mol. The van der Waals surface area contributed by atoms with E-state index in [-0.39, 0.29) is 18.4 Å². The highest BCUT2D eigenvalue weighted by Crippen LogP contribution is 2.42. The fourth-order valence-electron chi connectivity index (χ4n) is 3.39. The van der Waals surface area contributed by atoms with Gasteiger partial charge >= 0.3 is 0 Å². The molecule has 1 saturated carbocycles. The first-order valence-corrected chi connectivity index (χ1v) is 8.64. The summed E-state index contributed by atoms with van der Waals surface area (Å²) in [5.41, 5.74) is 11.1. The number of rotatable bonds is 4. The first kappa shape index (κ1) is 15.9. The number of nitrogens with zero attached hydrogens (tertiary/aromatic N) is 2. The van der Waals surface area contributed by atoms with E-state index >= 15 is 0 Å². The molecule has 0 unspecified atom stereocenters. The van der Waals surface area contributed by atoms with Gasteiger partial charge in [-0.05, 0) is 18.4 Å². The molecule has 2 aromatic rings. The van der Waals surface area contributed by atoms with Crippen molar-refractivity contribution in [2.45, 2.75) is 37.3 Å². The van der Waals surface area contributed by atoms with E-state index in [0.29, 0.717) is 5.92 Å². The molecule has 1 saturated heterocycles. The van der Waals surface area contributed by atoms with Gasteiger partial charge in [0.05, 0.1) is 11.2 Å². The Hall–Kier alpha value is -0.940. The van der Waals surface area contributed by atoms with Crippen LogP contribution in [0.4, 0.5) is 0 Å². The summed E-state index contributed by atoms with van der Waals surface area (Å²) in [4.78, 5) is 8.54. The Morgan fingerprint density at radius 3 is 2.68 bits per heavy atom. The van der Waals surface area contributed by atoms with Crippen LogP contribution in [0, 0.1) is 0 Å². The van der Waals surface area contributed by atoms with E-state index in [2.05, 4.69) is 40.2 Å². The highest BCUT2D eigenvalue weighted by molar-refractivity contribution is 7.09. The number of hydrogen-bond acceptors (Lipinski definition) is 4. The van der Waals surface area contributed by atoms with Crippen molar-refractivity contribution in [2.24, 2.45) is 5.73 Å². The van der Waals surface area contributed by atoms with Crippen LogP contribution in [-0.4, -0.2) is 29.0 Å². The third-order valence-corrected chi connectivity index (χ3v) is 5.51. The molecule has 4 rings (SSSR count). The van der Waals surface area contributed by atoms with Gasteiger partial charge in [0, 0.05) is 42.4 Å². The predicted octanol–water partition coefficient (Wildman–Crippen LogP) is 3.37. The third-order valence-electron chi connectivity index (χ3n) is 4.67. The van der Waals surface area contributed by atoms with Crippen LogP contribution >= 0.6 is 23.7 Å². The zero-order valence-corrected chi connectivity index (χ0v) is 14.2. The van der Waals surface area contributed by atoms with Crippen LogP contribution in [0.25, 0.3) is 0 Å². The van der Waals surface area contributed by atoms with Crippen LogP contribution in [0.2, 0.25) is 0 Å². The molecule has 2 aliphatic rings. The van der Waals surface area contributed by atoms with Crippen molar-refractivity contribution in [3.63, 3.8) is 0 Å². The smallest absolute Gasteiger partial charge is 0.0798 e. The van der Waals surface area contributed by atoms with Gasteiger partial charge in [-0.1, -0.05) is 30.3 Å². The number of benzene rings is 1. The Labute approximate surface area is 142 Å². The maximum Gasteiger partial charge on any atom is 0.0798 e. The van der Waals surface area contributed by atoms with Gasteiger partial charge in [-0.15, -0.1) is 23.7 Å². The van der Waals surface area contributed by atoms with Crippen molar-refractivity contribution in [3.8, 4) is 0 Å². The minimum Gasteiger partial charge on any atom is -0.326 e. The van der Waals surface area contributed by atoms with E-state index in [4.69, 9.17) is 5.73 Å². The van der Waals surface area contributed by atoms with Crippen molar-refractivity contribution in [1.82, 2.24) is 9.88 Å². The van der Waals surface area contributed by atoms with E-state index in [1.165, 1.54) is 29.0 Å². The number of thiazole rings is 1. The van der Waals surface area contributed by atoms with Crippen molar-refractivity contribution in [1.29, 1.82) is 0 Å². The summed E-state index contributed by atoms with van der Waals surface area (Å²) in [6.07, 6.45) is 2.64. The summed E-state index contributed by atoms with van der Waals surface area (Å²) < 4.78 is 0. The van der Waals surface area contributed by atoms with Crippen molar-refractivity contribution >= 4 is 23.7 Å². The molecule has 0 amide bonds. The number of likely N-dealkylation sites (tertiary alicyclic amines) is 1. The summed E-state index contributed by atoms with van der Waals surface area (Å²) in [6, 6.07) is 10.9. The fourth-order valence-corrected chi connectivity index (χ4v) is 4.28. The topological polar surface area (TPSA) is 42.1 Å². The number of aromatic nitrogens is 1. The molecule has 118 valence electrons. The van der Waals surface area contributed by atoms with Crippen molar-refractivity contribution in [3.05, 3.63) is 52.0 Å². The molecule has 0 spiro atoms. The molecule has 0 radical (unpaired) electrons. The molecule has 22 heavy (non-hydrogen) atoms. The van der Waals surface area contributed by atoms with E-state index in [1.54, 1.807) is 0 Å². The highest BCUT2D eigenvalue weighted by Gasteiger charge is 2.33. The molecule has 2 fully saturated rings. The Kier molecular flexibility index (Phi) is 4.83. The molecule has 5 heteroatoms. The van der Waals surface area contributed by atoms with Gasteiger partial charge in [0.25, 0.3) is 0 Å². The molecule has 1 aromatic carbocycles. The van der Waals surface area contributed by atoms with Gasteiger partial charge in [-0.2, -0.15) is 0 Å². The number of nitrogens with two attached hydrogens (primary N) is 1. The molecular weight excluding hydrogens is 314 g/mol. The van der Waals surface area contributed by atoms with E-state index in [1.807, 2.05) is 16.8 Å². The third kappa shape index (κ3) is 3.20. The molecule has 3 nitrogen and oxygen atoms in total. The van der Waals surface area contributed by atoms with Crippen molar-refractivity contribution < 1.29 is 0 Å². The lowest BCUT2D eigenvalue weighted by molar-refractivity contribution is 0.325. The lowest BCUT2D eigenvalue weighted by Crippen LogP contribution is -2.28. The maximum absolute atomic E-state index is 6.39. The fraction of sp³-hybridized carbons (Fsp3) is 0.471. The molecule has 2 atom stereocenters. The van der Waals surface area contributed by atoms with Crippen LogP contribution in [0.5, 0.6) is 0 Å².